The molecule has 0 aromatic rings. The van der Waals surface area contributed by atoms with E-state index in [1.54, 1.807) is 0 Å². The lowest BCUT2D eigenvalue weighted by Crippen LogP contribution is -2.30. The molecule has 6 heteroatoms. The molecule has 0 bridgehead atoms. The molecule has 1 unspecified atom stereocenters. The van der Waals surface area contributed by atoms with Crippen molar-refractivity contribution in [2.24, 2.45) is 0 Å². The fourth-order valence-electron chi connectivity index (χ4n) is 10.1. The largest absolute Gasteiger partial charge is 0.462 e. The minimum absolute atomic E-state index is 0.0793. The summed E-state index contributed by atoms with van der Waals surface area (Å²) in [7, 11) is 0. The monoisotopic (exact) mass is 1130 g/mol. The second kappa shape index (κ2) is 69.1. The molecule has 0 saturated carbocycles. The molecular formula is C75H132O6. The fourth-order valence-corrected chi connectivity index (χ4v) is 10.1. The van der Waals surface area contributed by atoms with Crippen LogP contribution < -0.4 is 0 Å². The van der Waals surface area contributed by atoms with Gasteiger partial charge in [0.15, 0.2) is 6.10 Å². The molecule has 0 rings (SSSR count). The number of rotatable bonds is 64. The van der Waals surface area contributed by atoms with E-state index in [-0.39, 0.29) is 31.1 Å². The van der Waals surface area contributed by atoms with Crippen LogP contribution in [0.5, 0.6) is 0 Å². The molecule has 0 saturated heterocycles. The van der Waals surface area contributed by atoms with Gasteiger partial charge in [-0.05, 0) is 116 Å². The van der Waals surface area contributed by atoms with Crippen LogP contribution in [0.4, 0.5) is 0 Å². The van der Waals surface area contributed by atoms with Crippen LogP contribution in [-0.4, -0.2) is 37.2 Å². The average molecular weight is 1130 g/mol. The minimum atomic E-state index is -0.785. The number of hydrogen-bond acceptors (Lipinski definition) is 6. The minimum Gasteiger partial charge on any atom is -0.462 e. The highest BCUT2D eigenvalue weighted by atomic mass is 16.6. The van der Waals surface area contributed by atoms with Crippen molar-refractivity contribution in [3.8, 4) is 0 Å². The standard InChI is InChI=1S/C75H132O6/c1-4-7-10-13-16-19-22-25-28-31-33-34-35-36-37-38-39-40-42-44-47-50-53-56-59-62-65-68-74(77)80-71-72(70-79-73(76)67-64-61-58-55-52-49-46-43-30-27-24-21-18-15-12-9-6-3)81-75(78)69-66-63-60-57-54-51-48-45-41-32-29-26-23-20-17-14-11-8-5-2/h9,12,17-18,20-22,25-27,29-31,33,72H,4-8,10-11,13-16,19,23-24,28,32,34-71H2,1-3H3/b12-9-,20-17-,21-18-,25-22-,29-26-,30-27-,33-31-. The highest BCUT2D eigenvalue weighted by Crippen LogP contribution is 2.17. The molecule has 0 N–H and O–H groups in total. The van der Waals surface area contributed by atoms with Crippen LogP contribution >= 0.6 is 0 Å². The van der Waals surface area contributed by atoms with Crippen molar-refractivity contribution in [1.82, 2.24) is 0 Å². The zero-order valence-electron chi connectivity index (χ0n) is 53.8. The summed E-state index contributed by atoms with van der Waals surface area (Å²) in [5.74, 6) is -0.876. The molecule has 6 nitrogen and oxygen atoms in total. The Labute approximate surface area is 503 Å². The van der Waals surface area contributed by atoms with Crippen LogP contribution in [0.3, 0.4) is 0 Å². The maximum atomic E-state index is 13.0. The van der Waals surface area contributed by atoms with Crippen LogP contribution in [0.25, 0.3) is 0 Å². The molecule has 0 heterocycles. The zero-order chi connectivity index (χ0) is 58.5. The Kier molecular flexibility index (Phi) is 66.2. The van der Waals surface area contributed by atoms with Crippen LogP contribution in [0, 0.1) is 0 Å². The Morgan fingerprint density at radius 3 is 0.778 bits per heavy atom. The van der Waals surface area contributed by atoms with E-state index in [1.165, 1.54) is 218 Å². The first kappa shape index (κ1) is 77.6. The summed E-state index contributed by atoms with van der Waals surface area (Å²) in [5, 5.41) is 0. The third-order valence-corrected chi connectivity index (χ3v) is 15.4. The highest BCUT2D eigenvalue weighted by molar-refractivity contribution is 5.71. The van der Waals surface area contributed by atoms with E-state index >= 15 is 0 Å². The Morgan fingerprint density at radius 2 is 0.481 bits per heavy atom. The average Bonchev–Trinajstić information content (AvgIpc) is 3.47. The molecule has 0 amide bonds. The number of carbonyl (C=O) groups excluding carboxylic acids is 3. The molecule has 0 aliphatic heterocycles. The molecule has 0 aliphatic rings. The number of esters is 3. The second-order valence-corrected chi connectivity index (χ2v) is 23.4. The predicted octanol–water partition coefficient (Wildman–Crippen LogP) is 24.2. The van der Waals surface area contributed by atoms with Gasteiger partial charge in [0.25, 0.3) is 0 Å². The normalized spacial score (nSPS) is 12.6. The van der Waals surface area contributed by atoms with Crippen LogP contribution in [-0.2, 0) is 28.6 Å². The van der Waals surface area contributed by atoms with E-state index < -0.39 is 6.10 Å². The number of unbranched alkanes of at least 4 members (excludes halogenated alkanes) is 39. The Bertz CT molecular complexity index is 1530. The van der Waals surface area contributed by atoms with E-state index in [2.05, 4.69) is 106 Å². The summed E-state index contributed by atoms with van der Waals surface area (Å²) in [5.41, 5.74) is 0. The van der Waals surface area contributed by atoms with Crippen molar-refractivity contribution in [2.75, 3.05) is 13.2 Å². The molecule has 0 aromatic carbocycles. The maximum Gasteiger partial charge on any atom is 0.306 e. The lowest BCUT2D eigenvalue weighted by atomic mass is 10.0. The van der Waals surface area contributed by atoms with E-state index in [1.807, 2.05) is 0 Å². The summed E-state index contributed by atoms with van der Waals surface area (Å²) in [6.45, 7) is 6.53. The molecule has 0 radical (unpaired) electrons. The molecule has 0 fully saturated rings. The summed E-state index contributed by atoms with van der Waals surface area (Å²) < 4.78 is 17.0. The highest BCUT2D eigenvalue weighted by Gasteiger charge is 2.19. The van der Waals surface area contributed by atoms with Crippen molar-refractivity contribution in [3.63, 3.8) is 0 Å². The van der Waals surface area contributed by atoms with Gasteiger partial charge in [-0.15, -0.1) is 0 Å². The molecule has 1 atom stereocenters. The van der Waals surface area contributed by atoms with Gasteiger partial charge in [0.05, 0.1) is 0 Å². The zero-order valence-corrected chi connectivity index (χ0v) is 53.8. The SMILES string of the molecule is CC/C=C\C/C=C\C/C=C\CCCCCCCCCC(=O)OCC(COC(=O)CCCCCCCCCCCCCCCCC/C=C\C/C=C\CCCCCCC)OC(=O)CCCCCCCCCCC/C=C\C/C=C\CCCCC. The Balaban J connectivity index is 4.31. The van der Waals surface area contributed by atoms with Gasteiger partial charge in [-0.2, -0.15) is 0 Å². The van der Waals surface area contributed by atoms with Crippen molar-refractivity contribution in [1.29, 1.82) is 0 Å². The van der Waals surface area contributed by atoms with Gasteiger partial charge in [0, 0.05) is 19.3 Å². The first-order chi connectivity index (χ1) is 40.0. The number of carbonyl (C=O) groups is 3. The van der Waals surface area contributed by atoms with E-state index in [9.17, 15) is 14.4 Å². The van der Waals surface area contributed by atoms with E-state index in [4.69, 9.17) is 14.2 Å². The van der Waals surface area contributed by atoms with Gasteiger partial charge in [0.2, 0.25) is 0 Å². The third-order valence-electron chi connectivity index (χ3n) is 15.4. The number of ether oxygens (including phenoxy) is 3. The van der Waals surface area contributed by atoms with E-state index in [0.29, 0.717) is 19.3 Å². The Morgan fingerprint density at radius 1 is 0.259 bits per heavy atom. The quantitative estimate of drug-likeness (QED) is 0.0261. The van der Waals surface area contributed by atoms with Gasteiger partial charge in [-0.3, -0.25) is 14.4 Å². The van der Waals surface area contributed by atoms with Gasteiger partial charge in [0.1, 0.15) is 13.2 Å². The van der Waals surface area contributed by atoms with Crippen molar-refractivity contribution in [2.45, 2.75) is 361 Å². The predicted molar refractivity (Wildman–Crippen MR) is 353 cm³/mol. The van der Waals surface area contributed by atoms with Crippen molar-refractivity contribution in [3.05, 3.63) is 85.1 Å². The number of hydrogen-bond donors (Lipinski definition) is 0. The van der Waals surface area contributed by atoms with E-state index in [0.717, 1.165) is 96.3 Å². The third kappa shape index (κ3) is 67.3. The molecule has 468 valence electrons. The fraction of sp³-hybridized carbons (Fsp3) is 0.773. The van der Waals surface area contributed by atoms with Gasteiger partial charge in [-0.1, -0.05) is 305 Å². The lowest BCUT2D eigenvalue weighted by Gasteiger charge is -2.18. The molecular weight excluding hydrogens is 997 g/mol. The van der Waals surface area contributed by atoms with Crippen LogP contribution in [0.2, 0.25) is 0 Å². The van der Waals surface area contributed by atoms with Gasteiger partial charge < -0.3 is 14.2 Å². The smallest absolute Gasteiger partial charge is 0.306 e. The Hall–Kier alpha value is -3.41. The molecule has 81 heavy (non-hydrogen) atoms. The second-order valence-electron chi connectivity index (χ2n) is 23.4. The molecule has 0 aromatic heterocycles. The molecule has 0 aliphatic carbocycles. The topological polar surface area (TPSA) is 78.9 Å². The first-order valence-electron chi connectivity index (χ1n) is 35.1. The van der Waals surface area contributed by atoms with Gasteiger partial charge in [-0.25, -0.2) is 0 Å². The maximum absolute atomic E-state index is 13.0. The first-order valence-corrected chi connectivity index (χ1v) is 35.1. The summed E-state index contributed by atoms with van der Waals surface area (Å²) in [6, 6.07) is 0. The van der Waals surface area contributed by atoms with Crippen LogP contribution in [0.1, 0.15) is 355 Å². The summed E-state index contributed by atoms with van der Waals surface area (Å²) in [6.07, 6.45) is 91.7. The summed E-state index contributed by atoms with van der Waals surface area (Å²) >= 11 is 0. The number of allylic oxidation sites excluding steroid dienone is 14. The van der Waals surface area contributed by atoms with Gasteiger partial charge >= 0.3 is 17.9 Å². The molecule has 0 spiro atoms. The van der Waals surface area contributed by atoms with Crippen molar-refractivity contribution >= 4 is 17.9 Å². The van der Waals surface area contributed by atoms with Crippen LogP contribution in [0.15, 0.2) is 85.1 Å². The van der Waals surface area contributed by atoms with Crippen molar-refractivity contribution < 1.29 is 28.6 Å². The summed E-state index contributed by atoms with van der Waals surface area (Å²) in [4.78, 5) is 38.5. The lowest BCUT2D eigenvalue weighted by molar-refractivity contribution is -0.167.